The molecule has 0 aromatic carbocycles. The molecular formula is C9H15NO4. The zero-order chi connectivity index (χ0) is 10.8. The quantitative estimate of drug-likeness (QED) is 0.633. The summed E-state index contributed by atoms with van der Waals surface area (Å²) >= 11 is 0. The minimum absolute atomic E-state index is 0.0769. The zero-order valence-corrected chi connectivity index (χ0v) is 8.16. The first-order valence-corrected chi connectivity index (χ1v) is 4.56. The summed E-state index contributed by atoms with van der Waals surface area (Å²) in [5.74, 6) is -1.43. The van der Waals surface area contributed by atoms with Gasteiger partial charge in [-0.1, -0.05) is 0 Å². The molecule has 0 aromatic heterocycles. The van der Waals surface area contributed by atoms with Gasteiger partial charge in [-0.3, -0.25) is 9.59 Å². The highest BCUT2D eigenvalue weighted by atomic mass is 16.5. The van der Waals surface area contributed by atoms with Crippen molar-refractivity contribution < 1.29 is 19.4 Å². The van der Waals surface area contributed by atoms with Crippen LogP contribution in [0.5, 0.6) is 0 Å². The summed E-state index contributed by atoms with van der Waals surface area (Å²) < 4.78 is 4.48. The predicted octanol–water partition coefficient (Wildman–Crippen LogP) is 0.132. The Morgan fingerprint density at radius 3 is 2.64 bits per heavy atom. The first kappa shape index (κ1) is 11.0. The number of hydrogen-bond acceptors (Lipinski definition) is 4. The van der Waals surface area contributed by atoms with Gasteiger partial charge in [-0.2, -0.15) is 0 Å². The number of esters is 1. The van der Waals surface area contributed by atoms with E-state index in [2.05, 4.69) is 4.74 Å². The lowest BCUT2D eigenvalue weighted by Gasteiger charge is -2.22. The molecule has 0 heterocycles. The molecule has 0 bridgehead atoms. The van der Waals surface area contributed by atoms with Crippen LogP contribution in [0, 0.1) is 5.41 Å². The van der Waals surface area contributed by atoms with Crippen LogP contribution in [0.3, 0.4) is 0 Å². The van der Waals surface area contributed by atoms with Crippen LogP contribution in [0.15, 0.2) is 0 Å². The minimum atomic E-state index is -0.994. The minimum Gasteiger partial charge on any atom is -0.481 e. The van der Waals surface area contributed by atoms with Crippen LogP contribution in [-0.4, -0.2) is 30.2 Å². The number of carboxylic acid groups (broad SMARTS) is 1. The Bertz CT molecular complexity index is 253. The van der Waals surface area contributed by atoms with Crippen LogP contribution in [-0.2, 0) is 14.3 Å². The van der Waals surface area contributed by atoms with E-state index in [1.54, 1.807) is 0 Å². The molecule has 0 spiro atoms. The number of nitrogens with two attached hydrogens (primary N) is 1. The molecule has 80 valence electrons. The molecule has 2 atom stereocenters. The third kappa shape index (κ3) is 2.04. The van der Waals surface area contributed by atoms with E-state index in [1.165, 1.54) is 7.11 Å². The van der Waals surface area contributed by atoms with Crippen molar-refractivity contribution in [1.82, 2.24) is 0 Å². The Kier molecular flexibility index (Phi) is 3.10. The van der Waals surface area contributed by atoms with Gasteiger partial charge < -0.3 is 15.6 Å². The maximum absolute atomic E-state index is 11.1. The SMILES string of the molecule is COC(=O)C[C@]1(C(=O)O)CC[C@@H](N)C1. The average molecular weight is 201 g/mol. The fraction of sp³-hybridized carbons (Fsp3) is 0.778. The lowest BCUT2D eigenvalue weighted by atomic mass is 9.82. The number of ether oxygens (including phenoxy) is 1. The van der Waals surface area contributed by atoms with Gasteiger partial charge in [0.05, 0.1) is 18.9 Å². The van der Waals surface area contributed by atoms with E-state index in [4.69, 9.17) is 10.8 Å². The van der Waals surface area contributed by atoms with E-state index in [1.807, 2.05) is 0 Å². The van der Waals surface area contributed by atoms with Crippen LogP contribution < -0.4 is 5.73 Å². The summed E-state index contributed by atoms with van der Waals surface area (Å²) in [4.78, 5) is 22.1. The highest BCUT2D eigenvalue weighted by Gasteiger charge is 2.46. The molecule has 0 saturated heterocycles. The van der Waals surface area contributed by atoms with Crippen molar-refractivity contribution in [1.29, 1.82) is 0 Å². The second-order valence-electron chi connectivity index (χ2n) is 3.84. The second kappa shape index (κ2) is 3.96. The van der Waals surface area contributed by atoms with Crippen molar-refractivity contribution in [2.75, 3.05) is 7.11 Å². The van der Waals surface area contributed by atoms with E-state index in [-0.39, 0.29) is 12.5 Å². The van der Waals surface area contributed by atoms with Gasteiger partial charge in [0.15, 0.2) is 0 Å². The third-order valence-corrected chi connectivity index (χ3v) is 2.81. The lowest BCUT2D eigenvalue weighted by Crippen LogP contribution is -2.33. The maximum atomic E-state index is 11.1. The fourth-order valence-corrected chi connectivity index (χ4v) is 1.95. The Labute approximate surface area is 82.2 Å². The summed E-state index contributed by atoms with van der Waals surface area (Å²) in [7, 11) is 1.26. The van der Waals surface area contributed by atoms with Gasteiger partial charge in [-0.25, -0.2) is 0 Å². The Morgan fingerprint density at radius 1 is 1.64 bits per heavy atom. The molecule has 5 heteroatoms. The Morgan fingerprint density at radius 2 is 2.29 bits per heavy atom. The molecule has 0 aliphatic heterocycles. The van der Waals surface area contributed by atoms with Crippen LogP contribution >= 0.6 is 0 Å². The van der Waals surface area contributed by atoms with Gasteiger partial charge in [-0.15, -0.1) is 0 Å². The largest absolute Gasteiger partial charge is 0.481 e. The van der Waals surface area contributed by atoms with Crippen LogP contribution in [0.25, 0.3) is 0 Å². The van der Waals surface area contributed by atoms with Gasteiger partial charge in [0.25, 0.3) is 0 Å². The Balaban J connectivity index is 2.73. The van der Waals surface area contributed by atoms with E-state index in [9.17, 15) is 9.59 Å². The number of hydrogen-bond donors (Lipinski definition) is 2. The normalized spacial score (nSPS) is 31.4. The van der Waals surface area contributed by atoms with Crippen molar-refractivity contribution in [2.24, 2.45) is 11.1 Å². The molecule has 0 aromatic rings. The molecule has 1 aliphatic rings. The van der Waals surface area contributed by atoms with Crippen molar-refractivity contribution in [2.45, 2.75) is 31.7 Å². The number of carbonyl (C=O) groups excluding carboxylic acids is 1. The standard InChI is InChI=1S/C9H15NO4/c1-14-7(11)5-9(8(12)13)3-2-6(10)4-9/h6H,2-5,10H2,1H3,(H,12,13)/t6-,9+/m1/s1. The van der Waals surface area contributed by atoms with Crippen molar-refractivity contribution in [3.05, 3.63) is 0 Å². The van der Waals surface area contributed by atoms with Crippen LogP contribution in [0.4, 0.5) is 0 Å². The average Bonchev–Trinajstić information content (AvgIpc) is 2.48. The van der Waals surface area contributed by atoms with E-state index in [0.717, 1.165) is 0 Å². The molecule has 3 N–H and O–H groups in total. The molecule has 1 aliphatic carbocycles. The molecule has 5 nitrogen and oxygen atoms in total. The van der Waals surface area contributed by atoms with Gasteiger partial charge in [0, 0.05) is 6.04 Å². The molecule has 0 radical (unpaired) electrons. The summed E-state index contributed by atoms with van der Waals surface area (Å²) in [5, 5.41) is 9.06. The zero-order valence-electron chi connectivity index (χ0n) is 8.16. The van der Waals surface area contributed by atoms with E-state index < -0.39 is 17.4 Å². The molecule has 1 saturated carbocycles. The topological polar surface area (TPSA) is 89.6 Å². The summed E-state index contributed by atoms with van der Waals surface area (Å²) in [5.41, 5.74) is 4.66. The highest BCUT2D eigenvalue weighted by Crippen LogP contribution is 2.41. The monoisotopic (exact) mass is 201 g/mol. The molecule has 0 amide bonds. The number of rotatable bonds is 3. The summed E-state index contributed by atoms with van der Waals surface area (Å²) in [6, 6.07) is -0.115. The van der Waals surface area contributed by atoms with Crippen molar-refractivity contribution in [3.63, 3.8) is 0 Å². The second-order valence-corrected chi connectivity index (χ2v) is 3.84. The van der Waals surface area contributed by atoms with E-state index >= 15 is 0 Å². The smallest absolute Gasteiger partial charge is 0.310 e. The maximum Gasteiger partial charge on any atom is 0.310 e. The van der Waals surface area contributed by atoms with Gasteiger partial charge >= 0.3 is 11.9 Å². The molecule has 0 unspecified atom stereocenters. The van der Waals surface area contributed by atoms with Crippen molar-refractivity contribution >= 4 is 11.9 Å². The molecular weight excluding hydrogens is 186 g/mol. The van der Waals surface area contributed by atoms with Crippen LogP contribution in [0.1, 0.15) is 25.7 Å². The first-order valence-electron chi connectivity index (χ1n) is 4.56. The number of methoxy groups -OCH3 is 1. The first-order chi connectivity index (χ1) is 6.50. The summed E-state index contributed by atoms with van der Waals surface area (Å²) in [6.45, 7) is 0. The molecule has 1 rings (SSSR count). The fourth-order valence-electron chi connectivity index (χ4n) is 1.95. The van der Waals surface area contributed by atoms with Crippen LogP contribution in [0.2, 0.25) is 0 Å². The number of carboxylic acids is 1. The van der Waals surface area contributed by atoms with Gasteiger partial charge in [0.1, 0.15) is 0 Å². The van der Waals surface area contributed by atoms with Gasteiger partial charge in [0.2, 0.25) is 0 Å². The molecule has 1 fully saturated rings. The summed E-state index contributed by atoms with van der Waals surface area (Å²) in [6.07, 6.45) is 1.39. The van der Waals surface area contributed by atoms with E-state index in [0.29, 0.717) is 19.3 Å². The molecule has 14 heavy (non-hydrogen) atoms. The van der Waals surface area contributed by atoms with Crippen molar-refractivity contribution in [3.8, 4) is 0 Å². The predicted molar refractivity (Wildman–Crippen MR) is 48.5 cm³/mol. The highest BCUT2D eigenvalue weighted by molar-refractivity contribution is 5.82. The lowest BCUT2D eigenvalue weighted by molar-refractivity contribution is -0.156. The third-order valence-electron chi connectivity index (χ3n) is 2.81. The number of carbonyl (C=O) groups is 2. The number of aliphatic carboxylic acids is 1. The van der Waals surface area contributed by atoms with Gasteiger partial charge in [-0.05, 0) is 19.3 Å². The Hall–Kier alpha value is -1.10.